The number of carbonyl (C=O) groups is 1. The van der Waals surface area contributed by atoms with Gasteiger partial charge in [0.2, 0.25) is 5.91 Å². The summed E-state index contributed by atoms with van der Waals surface area (Å²) in [5.41, 5.74) is 2.72. The molecule has 4 aromatic rings. The van der Waals surface area contributed by atoms with Gasteiger partial charge in [-0.3, -0.25) is 9.36 Å². The zero-order valence-electron chi connectivity index (χ0n) is 16.5. The van der Waals surface area contributed by atoms with Gasteiger partial charge in [0.25, 0.3) is 0 Å². The van der Waals surface area contributed by atoms with Crippen molar-refractivity contribution in [1.82, 2.24) is 14.8 Å². The van der Waals surface area contributed by atoms with Crippen LogP contribution in [0.25, 0.3) is 17.1 Å². The summed E-state index contributed by atoms with van der Waals surface area (Å²) in [6, 6.07) is 19.7. The molecule has 0 atom stereocenters. The van der Waals surface area contributed by atoms with Gasteiger partial charge < -0.3 is 5.32 Å². The summed E-state index contributed by atoms with van der Waals surface area (Å²) in [5.74, 6) is -0.445. The number of hydrogen-bond acceptors (Lipinski definition) is 4. The number of anilines is 1. The van der Waals surface area contributed by atoms with Crippen LogP contribution in [-0.4, -0.2) is 26.4 Å². The summed E-state index contributed by atoms with van der Waals surface area (Å²) in [6.45, 7) is 1.79. The maximum Gasteiger partial charge on any atom is 0.234 e. The Morgan fingerprint density at radius 2 is 1.68 bits per heavy atom. The van der Waals surface area contributed by atoms with Gasteiger partial charge in [-0.2, -0.15) is 0 Å². The van der Waals surface area contributed by atoms with Gasteiger partial charge in [-0.15, -0.1) is 10.2 Å². The van der Waals surface area contributed by atoms with Gasteiger partial charge in [0.1, 0.15) is 11.6 Å². The first-order valence-corrected chi connectivity index (χ1v) is 10.5. The third kappa shape index (κ3) is 4.80. The van der Waals surface area contributed by atoms with E-state index < -0.39 is 5.82 Å². The predicted octanol–water partition coefficient (Wildman–Crippen LogP) is 5.25. The molecule has 1 N–H and O–H groups in total. The van der Waals surface area contributed by atoms with Crippen molar-refractivity contribution in [1.29, 1.82) is 0 Å². The zero-order chi connectivity index (χ0) is 21.8. The van der Waals surface area contributed by atoms with Crippen LogP contribution in [0.15, 0.2) is 78.0 Å². The number of thioether (sulfide) groups is 1. The fourth-order valence-corrected chi connectivity index (χ4v) is 3.76. The van der Waals surface area contributed by atoms with E-state index in [4.69, 9.17) is 0 Å². The van der Waals surface area contributed by atoms with Gasteiger partial charge in [0.15, 0.2) is 11.0 Å². The maximum atomic E-state index is 13.5. The van der Waals surface area contributed by atoms with Gasteiger partial charge in [-0.05, 0) is 61.0 Å². The minimum atomic E-state index is -0.415. The Kier molecular flexibility index (Phi) is 6.08. The molecule has 0 fully saturated rings. The first-order valence-electron chi connectivity index (χ1n) is 9.47. The molecular weight excluding hydrogens is 418 g/mol. The third-order valence-electron chi connectivity index (χ3n) is 4.56. The van der Waals surface area contributed by atoms with Crippen LogP contribution in [-0.2, 0) is 4.79 Å². The summed E-state index contributed by atoms with van der Waals surface area (Å²) >= 11 is 1.21. The average molecular weight is 436 g/mol. The fraction of sp³-hybridized carbons (Fsp3) is 0.0870. The van der Waals surface area contributed by atoms with E-state index >= 15 is 0 Å². The minimum absolute atomic E-state index is 0.0599. The van der Waals surface area contributed by atoms with Crippen molar-refractivity contribution in [3.8, 4) is 17.1 Å². The molecule has 0 bridgehead atoms. The zero-order valence-corrected chi connectivity index (χ0v) is 17.4. The molecule has 156 valence electrons. The number of carbonyl (C=O) groups excluding carboxylic acids is 1. The molecular formula is C23H18F2N4OS. The summed E-state index contributed by atoms with van der Waals surface area (Å²) < 4.78 is 28.7. The standard InChI is InChI=1S/C23H18F2N4OS/c1-15-7-10-18(25)13-20(15)26-21(30)14-31-23-28-27-22(16-8-11-17(24)12-9-16)29(23)19-5-3-2-4-6-19/h2-13H,14H2,1H3,(H,26,30). The lowest BCUT2D eigenvalue weighted by Gasteiger charge is -2.11. The molecule has 0 saturated carbocycles. The molecule has 1 amide bonds. The molecule has 31 heavy (non-hydrogen) atoms. The van der Waals surface area contributed by atoms with Crippen molar-refractivity contribution in [2.75, 3.05) is 11.1 Å². The van der Waals surface area contributed by atoms with Crippen LogP contribution in [0.3, 0.4) is 0 Å². The summed E-state index contributed by atoms with van der Waals surface area (Å²) in [7, 11) is 0. The van der Waals surface area contributed by atoms with E-state index in [0.717, 1.165) is 11.3 Å². The van der Waals surface area contributed by atoms with Gasteiger partial charge in [0.05, 0.1) is 5.75 Å². The number of benzene rings is 3. The van der Waals surface area contributed by atoms with E-state index in [9.17, 15) is 13.6 Å². The highest BCUT2D eigenvalue weighted by Gasteiger charge is 2.17. The molecule has 1 aromatic heterocycles. The van der Waals surface area contributed by atoms with Crippen LogP contribution in [0.2, 0.25) is 0 Å². The van der Waals surface area contributed by atoms with Crippen molar-refractivity contribution < 1.29 is 13.6 Å². The lowest BCUT2D eigenvalue weighted by molar-refractivity contribution is -0.113. The van der Waals surface area contributed by atoms with Crippen molar-refractivity contribution in [2.24, 2.45) is 0 Å². The number of rotatable bonds is 6. The van der Waals surface area contributed by atoms with Crippen LogP contribution in [0.5, 0.6) is 0 Å². The van der Waals surface area contributed by atoms with E-state index in [1.54, 1.807) is 25.1 Å². The number of amides is 1. The third-order valence-corrected chi connectivity index (χ3v) is 5.49. The summed E-state index contributed by atoms with van der Waals surface area (Å²) in [5, 5.41) is 11.7. The lowest BCUT2D eigenvalue weighted by Crippen LogP contribution is -2.15. The largest absolute Gasteiger partial charge is 0.325 e. The molecule has 0 aliphatic heterocycles. The molecule has 8 heteroatoms. The highest BCUT2D eigenvalue weighted by atomic mass is 32.2. The van der Waals surface area contributed by atoms with Gasteiger partial charge in [0, 0.05) is 16.9 Å². The second kappa shape index (κ2) is 9.09. The normalized spacial score (nSPS) is 10.8. The first-order chi connectivity index (χ1) is 15.0. The Hall–Kier alpha value is -3.52. The first kappa shape index (κ1) is 20.7. The Morgan fingerprint density at radius 3 is 2.42 bits per heavy atom. The molecule has 1 heterocycles. The quantitative estimate of drug-likeness (QED) is 0.419. The molecule has 0 saturated heterocycles. The second-order valence-electron chi connectivity index (χ2n) is 6.78. The molecule has 0 spiro atoms. The smallest absolute Gasteiger partial charge is 0.234 e. The number of nitrogens with one attached hydrogen (secondary N) is 1. The molecule has 0 aliphatic carbocycles. The topological polar surface area (TPSA) is 59.8 Å². The van der Waals surface area contributed by atoms with Crippen molar-refractivity contribution in [3.05, 3.63) is 90.0 Å². The number of para-hydroxylation sites is 1. The van der Waals surface area contributed by atoms with E-state index in [0.29, 0.717) is 22.2 Å². The number of aryl methyl sites for hydroxylation is 1. The molecule has 0 unspecified atom stereocenters. The summed E-state index contributed by atoms with van der Waals surface area (Å²) in [4.78, 5) is 12.5. The van der Waals surface area contributed by atoms with Crippen LogP contribution in [0.1, 0.15) is 5.56 Å². The SMILES string of the molecule is Cc1ccc(F)cc1NC(=O)CSc1nnc(-c2ccc(F)cc2)n1-c1ccccc1. The lowest BCUT2D eigenvalue weighted by atomic mass is 10.2. The van der Waals surface area contributed by atoms with Crippen LogP contribution >= 0.6 is 11.8 Å². The monoisotopic (exact) mass is 436 g/mol. The number of hydrogen-bond donors (Lipinski definition) is 1. The molecule has 4 rings (SSSR count). The van der Waals surface area contributed by atoms with Gasteiger partial charge in [-0.25, -0.2) is 8.78 Å². The van der Waals surface area contributed by atoms with Crippen LogP contribution in [0.4, 0.5) is 14.5 Å². The van der Waals surface area contributed by atoms with Crippen molar-refractivity contribution in [2.45, 2.75) is 12.1 Å². The highest BCUT2D eigenvalue weighted by Crippen LogP contribution is 2.28. The van der Waals surface area contributed by atoms with Crippen molar-refractivity contribution in [3.63, 3.8) is 0 Å². The molecule has 5 nitrogen and oxygen atoms in total. The predicted molar refractivity (Wildman–Crippen MR) is 117 cm³/mol. The average Bonchev–Trinajstić information content (AvgIpc) is 3.20. The Balaban J connectivity index is 1.59. The number of nitrogens with zero attached hydrogens (tertiary/aromatic N) is 3. The highest BCUT2D eigenvalue weighted by molar-refractivity contribution is 7.99. The second-order valence-corrected chi connectivity index (χ2v) is 7.72. The fourth-order valence-electron chi connectivity index (χ4n) is 3.00. The number of aromatic nitrogens is 3. The molecule has 3 aromatic carbocycles. The number of halogens is 2. The van der Waals surface area contributed by atoms with Gasteiger partial charge in [-0.1, -0.05) is 36.0 Å². The Labute approximate surface area is 182 Å². The van der Waals surface area contributed by atoms with Gasteiger partial charge >= 0.3 is 0 Å². The minimum Gasteiger partial charge on any atom is -0.325 e. The van der Waals surface area contributed by atoms with E-state index in [1.165, 1.54) is 36.0 Å². The Morgan fingerprint density at radius 1 is 0.968 bits per heavy atom. The van der Waals surface area contributed by atoms with E-state index in [2.05, 4.69) is 15.5 Å². The van der Waals surface area contributed by atoms with E-state index in [1.807, 2.05) is 34.9 Å². The van der Waals surface area contributed by atoms with Crippen LogP contribution in [0, 0.1) is 18.6 Å². The molecule has 0 radical (unpaired) electrons. The maximum absolute atomic E-state index is 13.5. The van der Waals surface area contributed by atoms with Crippen molar-refractivity contribution >= 4 is 23.4 Å². The van der Waals surface area contributed by atoms with Crippen LogP contribution < -0.4 is 5.32 Å². The summed E-state index contributed by atoms with van der Waals surface area (Å²) in [6.07, 6.45) is 0. The Bertz CT molecular complexity index is 1210. The molecule has 0 aliphatic rings. The van der Waals surface area contributed by atoms with E-state index in [-0.39, 0.29) is 17.5 Å².